The number of aliphatic carboxylic acids is 1. The highest BCUT2D eigenvalue weighted by atomic mass is 16.6. The van der Waals surface area contributed by atoms with Crippen molar-refractivity contribution >= 4 is 17.9 Å². The molecule has 0 aliphatic heterocycles. The zero-order chi connectivity index (χ0) is 15.0. The minimum absolute atomic E-state index is 0.00690. The van der Waals surface area contributed by atoms with Crippen molar-refractivity contribution in [2.45, 2.75) is 19.8 Å². The van der Waals surface area contributed by atoms with Crippen LogP contribution in [0.25, 0.3) is 0 Å². The third kappa shape index (κ3) is 5.51. The van der Waals surface area contributed by atoms with Gasteiger partial charge in [-0.25, -0.2) is 9.59 Å². The SMILES string of the molecule is Cc1ccccc1C(=O)OCC(=O)OCCCC(=O)O. The Labute approximate surface area is 116 Å². The van der Waals surface area contributed by atoms with Crippen LogP contribution in [0.4, 0.5) is 0 Å². The lowest BCUT2D eigenvalue weighted by Gasteiger charge is -2.07. The molecule has 1 aromatic carbocycles. The van der Waals surface area contributed by atoms with Gasteiger partial charge in [0.2, 0.25) is 0 Å². The lowest BCUT2D eigenvalue weighted by atomic mass is 10.1. The largest absolute Gasteiger partial charge is 0.481 e. The Bertz CT molecular complexity index is 494. The van der Waals surface area contributed by atoms with Crippen LogP contribution in [0.1, 0.15) is 28.8 Å². The number of aryl methyl sites for hydroxylation is 1. The van der Waals surface area contributed by atoms with Gasteiger partial charge in [-0.1, -0.05) is 18.2 Å². The summed E-state index contributed by atoms with van der Waals surface area (Å²) in [4.78, 5) is 33.2. The average Bonchev–Trinajstić information content (AvgIpc) is 2.41. The van der Waals surface area contributed by atoms with Gasteiger partial charge >= 0.3 is 17.9 Å². The first kappa shape index (κ1) is 15.7. The first-order valence-electron chi connectivity index (χ1n) is 6.11. The molecule has 0 spiro atoms. The van der Waals surface area contributed by atoms with Gasteiger partial charge in [0.05, 0.1) is 12.2 Å². The van der Waals surface area contributed by atoms with Crippen molar-refractivity contribution in [2.75, 3.05) is 13.2 Å². The van der Waals surface area contributed by atoms with Crippen LogP contribution in [0.2, 0.25) is 0 Å². The molecule has 0 saturated heterocycles. The molecule has 0 fully saturated rings. The highest BCUT2D eigenvalue weighted by molar-refractivity contribution is 5.92. The van der Waals surface area contributed by atoms with Crippen molar-refractivity contribution < 1.29 is 29.0 Å². The van der Waals surface area contributed by atoms with E-state index >= 15 is 0 Å². The molecule has 0 radical (unpaired) electrons. The summed E-state index contributed by atoms with van der Waals surface area (Å²) < 4.78 is 9.55. The number of esters is 2. The van der Waals surface area contributed by atoms with E-state index in [0.29, 0.717) is 5.56 Å². The molecule has 0 atom stereocenters. The van der Waals surface area contributed by atoms with Gasteiger partial charge in [-0.2, -0.15) is 0 Å². The maximum absolute atomic E-state index is 11.7. The van der Waals surface area contributed by atoms with E-state index in [9.17, 15) is 14.4 Å². The Morgan fingerprint density at radius 1 is 1.15 bits per heavy atom. The third-order valence-electron chi connectivity index (χ3n) is 2.48. The first-order chi connectivity index (χ1) is 9.50. The Morgan fingerprint density at radius 2 is 1.85 bits per heavy atom. The lowest BCUT2D eigenvalue weighted by molar-refractivity contribution is -0.148. The van der Waals surface area contributed by atoms with E-state index in [1.165, 1.54) is 0 Å². The fourth-order valence-electron chi connectivity index (χ4n) is 1.46. The van der Waals surface area contributed by atoms with E-state index in [2.05, 4.69) is 0 Å². The Hall–Kier alpha value is -2.37. The van der Waals surface area contributed by atoms with Crippen molar-refractivity contribution in [3.8, 4) is 0 Å². The predicted molar refractivity (Wildman–Crippen MR) is 69.3 cm³/mol. The van der Waals surface area contributed by atoms with Crippen LogP contribution in [0.3, 0.4) is 0 Å². The number of carboxylic acids is 1. The maximum atomic E-state index is 11.7. The molecule has 0 heterocycles. The van der Waals surface area contributed by atoms with Gasteiger partial charge < -0.3 is 14.6 Å². The lowest BCUT2D eigenvalue weighted by Crippen LogP contribution is -2.17. The Kier molecular flexibility index (Phi) is 6.22. The standard InChI is InChI=1S/C14H16O6/c1-10-5-2-3-6-11(10)14(18)20-9-13(17)19-8-4-7-12(15)16/h2-3,5-6H,4,7-9H2,1H3,(H,15,16). The summed E-state index contributed by atoms with van der Waals surface area (Å²) in [5.74, 6) is -2.24. The summed E-state index contributed by atoms with van der Waals surface area (Å²) >= 11 is 0. The molecule has 0 aliphatic carbocycles. The third-order valence-corrected chi connectivity index (χ3v) is 2.48. The summed E-state index contributed by atoms with van der Waals surface area (Å²) in [6.45, 7) is 1.27. The Balaban J connectivity index is 2.29. The van der Waals surface area contributed by atoms with Gasteiger partial charge in [0.25, 0.3) is 0 Å². The number of rotatable bonds is 7. The van der Waals surface area contributed by atoms with Gasteiger partial charge in [-0.15, -0.1) is 0 Å². The molecular formula is C14H16O6. The number of hydrogen-bond acceptors (Lipinski definition) is 5. The topological polar surface area (TPSA) is 89.9 Å². The molecule has 6 heteroatoms. The van der Waals surface area contributed by atoms with Crippen LogP contribution >= 0.6 is 0 Å². The quantitative estimate of drug-likeness (QED) is 0.602. The minimum atomic E-state index is -0.952. The number of hydrogen-bond donors (Lipinski definition) is 1. The van der Waals surface area contributed by atoms with Crippen molar-refractivity contribution in [3.05, 3.63) is 35.4 Å². The highest BCUT2D eigenvalue weighted by Crippen LogP contribution is 2.08. The minimum Gasteiger partial charge on any atom is -0.481 e. The molecular weight excluding hydrogens is 264 g/mol. The molecule has 0 amide bonds. The second-order valence-corrected chi connectivity index (χ2v) is 4.11. The van der Waals surface area contributed by atoms with E-state index in [1.54, 1.807) is 31.2 Å². The van der Waals surface area contributed by atoms with E-state index in [-0.39, 0.29) is 19.4 Å². The predicted octanol–water partition coefficient (Wildman–Crippen LogP) is 1.56. The van der Waals surface area contributed by atoms with Crippen LogP contribution in [0.5, 0.6) is 0 Å². The normalized spacial score (nSPS) is 9.85. The van der Waals surface area contributed by atoms with Crippen molar-refractivity contribution in [3.63, 3.8) is 0 Å². The summed E-state index contributed by atoms with van der Waals surface area (Å²) in [6.07, 6.45) is 0.156. The van der Waals surface area contributed by atoms with E-state index in [0.717, 1.165) is 5.56 Å². The van der Waals surface area contributed by atoms with Crippen LogP contribution in [-0.4, -0.2) is 36.2 Å². The highest BCUT2D eigenvalue weighted by Gasteiger charge is 2.12. The van der Waals surface area contributed by atoms with Crippen LogP contribution < -0.4 is 0 Å². The van der Waals surface area contributed by atoms with E-state index < -0.39 is 24.5 Å². The molecule has 20 heavy (non-hydrogen) atoms. The van der Waals surface area contributed by atoms with Gasteiger partial charge in [0.15, 0.2) is 6.61 Å². The smallest absolute Gasteiger partial charge is 0.344 e. The van der Waals surface area contributed by atoms with E-state index in [4.69, 9.17) is 14.6 Å². The number of ether oxygens (including phenoxy) is 2. The molecule has 0 saturated carbocycles. The van der Waals surface area contributed by atoms with Crippen LogP contribution in [0.15, 0.2) is 24.3 Å². The molecule has 1 rings (SSSR count). The molecule has 1 aromatic rings. The van der Waals surface area contributed by atoms with Crippen molar-refractivity contribution in [1.82, 2.24) is 0 Å². The van der Waals surface area contributed by atoms with Gasteiger partial charge in [0.1, 0.15) is 0 Å². The molecule has 6 nitrogen and oxygen atoms in total. The summed E-state index contributed by atoms with van der Waals surface area (Å²) in [5.41, 5.74) is 1.15. The monoisotopic (exact) mass is 280 g/mol. The maximum Gasteiger partial charge on any atom is 0.344 e. The second kappa shape index (κ2) is 7.93. The number of carboxylic acid groups (broad SMARTS) is 1. The number of carbonyl (C=O) groups is 3. The first-order valence-corrected chi connectivity index (χ1v) is 6.11. The fourth-order valence-corrected chi connectivity index (χ4v) is 1.46. The average molecular weight is 280 g/mol. The molecule has 0 bridgehead atoms. The molecule has 108 valence electrons. The molecule has 0 aliphatic rings. The Morgan fingerprint density at radius 3 is 2.50 bits per heavy atom. The van der Waals surface area contributed by atoms with Crippen molar-refractivity contribution in [2.24, 2.45) is 0 Å². The zero-order valence-corrected chi connectivity index (χ0v) is 11.1. The number of carbonyl (C=O) groups excluding carboxylic acids is 2. The van der Waals surface area contributed by atoms with E-state index in [1.807, 2.05) is 0 Å². The van der Waals surface area contributed by atoms with Crippen molar-refractivity contribution in [1.29, 1.82) is 0 Å². The second-order valence-electron chi connectivity index (χ2n) is 4.11. The van der Waals surface area contributed by atoms with Gasteiger partial charge in [-0.05, 0) is 25.0 Å². The zero-order valence-electron chi connectivity index (χ0n) is 11.1. The molecule has 1 N–H and O–H groups in total. The summed E-state index contributed by atoms with van der Waals surface area (Å²) in [7, 11) is 0. The summed E-state index contributed by atoms with van der Waals surface area (Å²) in [5, 5.41) is 8.40. The fraction of sp³-hybridized carbons (Fsp3) is 0.357. The van der Waals surface area contributed by atoms with Gasteiger partial charge in [-0.3, -0.25) is 4.79 Å². The van der Waals surface area contributed by atoms with Gasteiger partial charge in [0, 0.05) is 6.42 Å². The number of benzene rings is 1. The van der Waals surface area contributed by atoms with Crippen LogP contribution in [0, 0.1) is 6.92 Å². The molecule has 0 unspecified atom stereocenters. The molecule has 0 aromatic heterocycles. The summed E-state index contributed by atoms with van der Waals surface area (Å²) in [6, 6.07) is 6.87. The van der Waals surface area contributed by atoms with Crippen LogP contribution in [-0.2, 0) is 19.1 Å².